The van der Waals surface area contributed by atoms with Crippen molar-refractivity contribution in [2.45, 2.75) is 32.9 Å². The minimum Gasteiger partial charge on any atom is -0.479 e. The average molecular weight is 148 g/mol. The minimum absolute atomic E-state index is 0.131. The van der Waals surface area contributed by atoms with Crippen molar-refractivity contribution < 1.29 is 14.3 Å². The topological polar surface area (TPSA) is 37.3 Å². The van der Waals surface area contributed by atoms with E-state index in [4.69, 9.17) is 5.11 Å². The Morgan fingerprint density at radius 1 is 1.70 bits per heavy atom. The van der Waals surface area contributed by atoms with E-state index in [1.807, 2.05) is 13.8 Å². The molecule has 0 aromatic rings. The summed E-state index contributed by atoms with van der Waals surface area (Å²) in [4.78, 5) is 9.98. The lowest BCUT2D eigenvalue weighted by atomic mass is 10.0. The van der Waals surface area contributed by atoms with Crippen molar-refractivity contribution in [1.29, 1.82) is 0 Å². The Balaban J connectivity index is 3.56. The maximum Gasteiger partial charge on any atom is 0.338 e. The number of carbonyl (C=O) groups is 1. The van der Waals surface area contributed by atoms with Crippen molar-refractivity contribution in [2.75, 3.05) is 0 Å². The van der Waals surface area contributed by atoms with Crippen molar-refractivity contribution in [3.63, 3.8) is 0 Å². The van der Waals surface area contributed by atoms with Crippen LogP contribution in [0.25, 0.3) is 0 Å². The van der Waals surface area contributed by atoms with Crippen LogP contribution >= 0.6 is 0 Å². The number of alkyl halides is 1. The van der Waals surface area contributed by atoms with Crippen LogP contribution in [0.3, 0.4) is 0 Å². The van der Waals surface area contributed by atoms with Crippen LogP contribution in [0.1, 0.15) is 26.7 Å². The quantitative estimate of drug-likeness (QED) is 0.660. The monoisotopic (exact) mass is 148 g/mol. The molecule has 2 atom stereocenters. The highest BCUT2D eigenvalue weighted by Crippen LogP contribution is 2.11. The van der Waals surface area contributed by atoms with E-state index in [-0.39, 0.29) is 12.3 Å². The molecule has 0 rings (SSSR count). The largest absolute Gasteiger partial charge is 0.479 e. The molecule has 10 heavy (non-hydrogen) atoms. The molecule has 60 valence electrons. The Morgan fingerprint density at radius 2 is 2.20 bits per heavy atom. The van der Waals surface area contributed by atoms with E-state index in [1.165, 1.54) is 0 Å². The summed E-state index contributed by atoms with van der Waals surface area (Å²) in [5.41, 5.74) is 0. The highest BCUT2D eigenvalue weighted by Gasteiger charge is 2.17. The summed E-state index contributed by atoms with van der Waals surface area (Å²) in [6.07, 6.45) is -0.727. The maximum absolute atomic E-state index is 12.4. The normalized spacial score (nSPS) is 16.3. The number of hydrogen-bond acceptors (Lipinski definition) is 1. The predicted octanol–water partition coefficient (Wildman–Crippen LogP) is 1.85. The fourth-order valence-corrected chi connectivity index (χ4v) is 0.621. The summed E-state index contributed by atoms with van der Waals surface area (Å²) in [7, 11) is 0. The number of carboxylic acid groups (broad SMARTS) is 1. The second-order valence-corrected chi connectivity index (χ2v) is 2.55. The van der Waals surface area contributed by atoms with Gasteiger partial charge in [0, 0.05) is 0 Å². The van der Waals surface area contributed by atoms with E-state index in [9.17, 15) is 9.18 Å². The molecule has 0 spiro atoms. The zero-order valence-electron chi connectivity index (χ0n) is 6.30. The first-order chi connectivity index (χ1) is 4.57. The van der Waals surface area contributed by atoms with Gasteiger partial charge in [0.05, 0.1) is 0 Å². The van der Waals surface area contributed by atoms with Gasteiger partial charge in [0.25, 0.3) is 0 Å². The summed E-state index contributed by atoms with van der Waals surface area (Å²) >= 11 is 0. The molecule has 2 nitrogen and oxygen atoms in total. The van der Waals surface area contributed by atoms with Gasteiger partial charge >= 0.3 is 5.97 Å². The van der Waals surface area contributed by atoms with E-state index in [0.29, 0.717) is 0 Å². The standard InChI is InChI=1S/C7H13FO2/c1-3-5(2)4-6(8)7(9)10/h5-6H,3-4H2,1-2H3,(H,9,10). The summed E-state index contributed by atoms with van der Waals surface area (Å²) in [6, 6.07) is 0. The van der Waals surface area contributed by atoms with Gasteiger partial charge in [-0.3, -0.25) is 0 Å². The Labute approximate surface area is 60.1 Å². The molecule has 0 aromatic carbocycles. The molecule has 0 aliphatic heterocycles. The zero-order valence-corrected chi connectivity index (χ0v) is 6.30. The molecule has 3 heteroatoms. The van der Waals surface area contributed by atoms with Crippen LogP contribution in [0.5, 0.6) is 0 Å². The average Bonchev–Trinajstić information content (AvgIpc) is 1.87. The van der Waals surface area contributed by atoms with Crippen molar-refractivity contribution in [1.82, 2.24) is 0 Å². The van der Waals surface area contributed by atoms with Crippen LogP contribution in [0, 0.1) is 5.92 Å². The van der Waals surface area contributed by atoms with Crippen molar-refractivity contribution in [3.05, 3.63) is 0 Å². The molecule has 2 unspecified atom stereocenters. The highest BCUT2D eigenvalue weighted by atomic mass is 19.1. The maximum atomic E-state index is 12.4. The number of rotatable bonds is 4. The van der Waals surface area contributed by atoms with Crippen molar-refractivity contribution in [2.24, 2.45) is 5.92 Å². The molecule has 0 saturated heterocycles. The number of aliphatic carboxylic acids is 1. The van der Waals surface area contributed by atoms with Gasteiger partial charge in [0.2, 0.25) is 0 Å². The first kappa shape index (κ1) is 9.40. The van der Waals surface area contributed by atoms with Crippen LogP contribution in [-0.4, -0.2) is 17.2 Å². The van der Waals surface area contributed by atoms with Gasteiger partial charge in [-0.15, -0.1) is 0 Å². The Hall–Kier alpha value is -0.600. The van der Waals surface area contributed by atoms with Crippen molar-refractivity contribution in [3.8, 4) is 0 Å². The molecule has 0 amide bonds. The van der Waals surface area contributed by atoms with E-state index in [2.05, 4.69) is 0 Å². The molecule has 0 bridgehead atoms. The molecule has 0 aliphatic carbocycles. The first-order valence-corrected chi connectivity index (χ1v) is 3.44. The lowest BCUT2D eigenvalue weighted by molar-refractivity contribution is -0.143. The van der Waals surface area contributed by atoms with Crippen LogP contribution in [0.15, 0.2) is 0 Å². The lowest BCUT2D eigenvalue weighted by Crippen LogP contribution is -2.17. The van der Waals surface area contributed by atoms with Gasteiger partial charge in [-0.2, -0.15) is 0 Å². The predicted molar refractivity (Wildman–Crippen MR) is 36.6 cm³/mol. The molecule has 0 aromatic heterocycles. The molecular weight excluding hydrogens is 135 g/mol. The molecule has 1 N–H and O–H groups in total. The van der Waals surface area contributed by atoms with E-state index in [0.717, 1.165) is 6.42 Å². The Kier molecular flexibility index (Phi) is 4.00. The summed E-state index contributed by atoms with van der Waals surface area (Å²) in [6.45, 7) is 3.76. The molecule has 0 aliphatic rings. The molecule has 0 heterocycles. The summed E-state index contributed by atoms with van der Waals surface area (Å²) in [5.74, 6) is -1.19. The summed E-state index contributed by atoms with van der Waals surface area (Å²) < 4.78 is 12.4. The summed E-state index contributed by atoms with van der Waals surface area (Å²) in [5, 5.41) is 8.15. The van der Waals surface area contributed by atoms with Crippen LogP contribution in [-0.2, 0) is 4.79 Å². The highest BCUT2D eigenvalue weighted by molar-refractivity contribution is 5.71. The fraction of sp³-hybridized carbons (Fsp3) is 0.857. The van der Waals surface area contributed by atoms with Gasteiger partial charge in [0.1, 0.15) is 0 Å². The molecule has 0 saturated carbocycles. The van der Waals surface area contributed by atoms with E-state index >= 15 is 0 Å². The lowest BCUT2D eigenvalue weighted by Gasteiger charge is -2.07. The van der Waals surface area contributed by atoms with Gasteiger partial charge in [-0.25, -0.2) is 9.18 Å². The van der Waals surface area contributed by atoms with Crippen LogP contribution < -0.4 is 0 Å². The van der Waals surface area contributed by atoms with Gasteiger partial charge in [-0.05, 0) is 12.3 Å². The van der Waals surface area contributed by atoms with Gasteiger partial charge in [0.15, 0.2) is 6.17 Å². The minimum atomic E-state index is -1.69. The Bertz CT molecular complexity index is 114. The zero-order chi connectivity index (χ0) is 8.15. The SMILES string of the molecule is CCC(C)CC(F)C(=O)O. The third-order valence-corrected chi connectivity index (χ3v) is 1.57. The van der Waals surface area contributed by atoms with E-state index in [1.54, 1.807) is 0 Å². The van der Waals surface area contributed by atoms with Crippen LogP contribution in [0.2, 0.25) is 0 Å². The first-order valence-electron chi connectivity index (χ1n) is 3.44. The molecule has 0 fully saturated rings. The fourth-order valence-electron chi connectivity index (χ4n) is 0.621. The smallest absolute Gasteiger partial charge is 0.338 e. The van der Waals surface area contributed by atoms with Gasteiger partial charge in [-0.1, -0.05) is 20.3 Å². The van der Waals surface area contributed by atoms with Crippen LogP contribution in [0.4, 0.5) is 4.39 Å². The number of carboxylic acids is 1. The van der Waals surface area contributed by atoms with E-state index < -0.39 is 12.1 Å². The third kappa shape index (κ3) is 3.43. The van der Waals surface area contributed by atoms with Gasteiger partial charge < -0.3 is 5.11 Å². The number of halogens is 1. The number of hydrogen-bond donors (Lipinski definition) is 1. The third-order valence-electron chi connectivity index (χ3n) is 1.57. The molecule has 0 radical (unpaired) electrons. The Morgan fingerprint density at radius 3 is 2.50 bits per heavy atom. The second kappa shape index (κ2) is 4.25. The molecular formula is C7H13FO2. The van der Waals surface area contributed by atoms with Crippen molar-refractivity contribution >= 4 is 5.97 Å². The second-order valence-electron chi connectivity index (χ2n) is 2.55.